The van der Waals surface area contributed by atoms with Gasteiger partial charge >= 0.3 is 5.97 Å². The molecule has 0 aromatic heterocycles. The Hall–Kier alpha value is -1.28. The molecular weight excluding hydrogens is 212 g/mol. The van der Waals surface area contributed by atoms with Crippen molar-refractivity contribution in [2.24, 2.45) is 0 Å². The molecule has 2 nitrogen and oxygen atoms in total. The average Bonchev–Trinajstić information content (AvgIpc) is 2.27. The summed E-state index contributed by atoms with van der Waals surface area (Å²) in [5.74, 6) is -0.260. The molecule has 0 bridgehead atoms. The fourth-order valence-electron chi connectivity index (χ4n) is 1.31. The molecule has 80 valence electrons. The monoisotopic (exact) mass is 224 g/mol. The number of benzene rings is 1. The van der Waals surface area contributed by atoms with E-state index in [0.29, 0.717) is 11.4 Å². The molecule has 3 heteroatoms. The molecule has 0 aliphatic carbocycles. The molecule has 0 fully saturated rings. The van der Waals surface area contributed by atoms with Crippen molar-refractivity contribution >= 4 is 17.6 Å². The zero-order valence-corrected chi connectivity index (χ0v) is 9.33. The van der Waals surface area contributed by atoms with Crippen LogP contribution in [-0.2, 0) is 9.53 Å². The van der Waals surface area contributed by atoms with Gasteiger partial charge in [0.1, 0.15) is 0 Å². The number of ether oxygens (including phenoxy) is 1. The summed E-state index contributed by atoms with van der Waals surface area (Å²) in [6.07, 6.45) is 2.04. The van der Waals surface area contributed by atoms with Crippen molar-refractivity contribution < 1.29 is 9.53 Å². The van der Waals surface area contributed by atoms with Crippen LogP contribution < -0.4 is 0 Å². The molecule has 0 spiro atoms. The van der Waals surface area contributed by atoms with Crippen LogP contribution in [0.1, 0.15) is 17.9 Å². The van der Waals surface area contributed by atoms with E-state index in [9.17, 15) is 4.79 Å². The Morgan fingerprint density at radius 3 is 2.60 bits per heavy atom. The molecule has 0 radical (unpaired) electrons. The fourth-order valence-corrected chi connectivity index (χ4v) is 1.44. The van der Waals surface area contributed by atoms with E-state index in [1.165, 1.54) is 7.11 Å². The second-order valence-electron chi connectivity index (χ2n) is 3.17. The SMILES string of the molecule is C=CC(CC(=O)OC)c1ccc(Cl)cc1. The number of halogens is 1. The van der Waals surface area contributed by atoms with Crippen molar-refractivity contribution in [3.63, 3.8) is 0 Å². The molecule has 0 amide bonds. The highest BCUT2D eigenvalue weighted by Crippen LogP contribution is 2.22. The van der Waals surface area contributed by atoms with Gasteiger partial charge in [-0.25, -0.2) is 0 Å². The number of methoxy groups -OCH3 is 1. The smallest absolute Gasteiger partial charge is 0.306 e. The molecule has 0 aliphatic heterocycles. The minimum atomic E-state index is -0.241. The van der Waals surface area contributed by atoms with Gasteiger partial charge < -0.3 is 4.74 Å². The lowest BCUT2D eigenvalue weighted by Crippen LogP contribution is -2.06. The summed E-state index contributed by atoms with van der Waals surface area (Å²) in [4.78, 5) is 11.1. The van der Waals surface area contributed by atoms with Crippen molar-refractivity contribution in [2.45, 2.75) is 12.3 Å². The van der Waals surface area contributed by atoms with E-state index in [1.54, 1.807) is 18.2 Å². The molecule has 1 aromatic carbocycles. The predicted octanol–water partition coefficient (Wildman–Crippen LogP) is 3.17. The summed E-state index contributed by atoms with van der Waals surface area (Å²) in [6, 6.07) is 7.37. The quantitative estimate of drug-likeness (QED) is 0.580. The molecule has 0 aliphatic rings. The van der Waals surface area contributed by atoms with Crippen molar-refractivity contribution in [1.82, 2.24) is 0 Å². The maximum absolute atomic E-state index is 11.1. The van der Waals surface area contributed by atoms with Gasteiger partial charge in [0.05, 0.1) is 13.5 Å². The molecule has 0 saturated carbocycles. The molecule has 0 heterocycles. The minimum Gasteiger partial charge on any atom is -0.469 e. The van der Waals surface area contributed by atoms with Gasteiger partial charge in [0.2, 0.25) is 0 Å². The lowest BCUT2D eigenvalue weighted by molar-refractivity contribution is -0.140. The van der Waals surface area contributed by atoms with E-state index >= 15 is 0 Å². The van der Waals surface area contributed by atoms with Gasteiger partial charge in [-0.15, -0.1) is 6.58 Å². The molecule has 15 heavy (non-hydrogen) atoms. The molecule has 1 aromatic rings. The maximum atomic E-state index is 11.1. The van der Waals surface area contributed by atoms with Crippen LogP contribution in [-0.4, -0.2) is 13.1 Å². The number of esters is 1. The van der Waals surface area contributed by atoms with Crippen molar-refractivity contribution in [1.29, 1.82) is 0 Å². The Bertz CT molecular complexity index is 343. The summed E-state index contributed by atoms with van der Waals surface area (Å²) in [5, 5.41) is 0.680. The Labute approximate surface area is 94.5 Å². The lowest BCUT2D eigenvalue weighted by Gasteiger charge is -2.11. The number of carbonyl (C=O) groups is 1. The zero-order valence-electron chi connectivity index (χ0n) is 8.57. The average molecular weight is 225 g/mol. The number of hydrogen-bond acceptors (Lipinski definition) is 2. The Kier molecular flexibility index (Phi) is 4.37. The first-order valence-corrected chi connectivity index (χ1v) is 5.00. The van der Waals surface area contributed by atoms with Crippen LogP contribution in [0, 0.1) is 0 Å². The van der Waals surface area contributed by atoms with Gasteiger partial charge in [-0.3, -0.25) is 4.79 Å². The largest absolute Gasteiger partial charge is 0.469 e. The summed E-state index contributed by atoms with van der Waals surface area (Å²) >= 11 is 5.78. The third kappa shape index (κ3) is 3.40. The normalized spacial score (nSPS) is 11.9. The van der Waals surface area contributed by atoms with Crippen LogP contribution in [0.2, 0.25) is 5.02 Å². The molecule has 1 rings (SSSR count). The van der Waals surface area contributed by atoms with Gasteiger partial charge in [0.25, 0.3) is 0 Å². The van der Waals surface area contributed by atoms with E-state index < -0.39 is 0 Å². The Balaban J connectivity index is 2.78. The first kappa shape index (κ1) is 11.8. The fraction of sp³-hybridized carbons (Fsp3) is 0.250. The lowest BCUT2D eigenvalue weighted by atomic mass is 9.96. The Morgan fingerprint density at radius 1 is 1.53 bits per heavy atom. The number of carbonyl (C=O) groups excluding carboxylic acids is 1. The Morgan fingerprint density at radius 2 is 2.13 bits per heavy atom. The highest BCUT2D eigenvalue weighted by molar-refractivity contribution is 6.30. The van der Waals surface area contributed by atoms with Crippen LogP contribution in [0.5, 0.6) is 0 Å². The minimum absolute atomic E-state index is 0.0188. The second-order valence-corrected chi connectivity index (χ2v) is 3.61. The van der Waals surface area contributed by atoms with Gasteiger partial charge in [-0.05, 0) is 17.7 Å². The van der Waals surface area contributed by atoms with Gasteiger partial charge in [0, 0.05) is 10.9 Å². The van der Waals surface area contributed by atoms with E-state index in [2.05, 4.69) is 11.3 Å². The van der Waals surface area contributed by atoms with Crippen LogP contribution in [0.25, 0.3) is 0 Å². The predicted molar refractivity (Wildman–Crippen MR) is 61.0 cm³/mol. The van der Waals surface area contributed by atoms with Crippen LogP contribution in [0.4, 0.5) is 0 Å². The van der Waals surface area contributed by atoms with E-state index in [1.807, 2.05) is 12.1 Å². The van der Waals surface area contributed by atoms with E-state index in [0.717, 1.165) is 5.56 Å². The number of allylic oxidation sites excluding steroid dienone is 1. The van der Waals surface area contributed by atoms with Gasteiger partial charge in [-0.2, -0.15) is 0 Å². The third-order valence-corrected chi connectivity index (χ3v) is 2.45. The highest BCUT2D eigenvalue weighted by atomic mass is 35.5. The first-order chi connectivity index (χ1) is 7.17. The molecule has 1 unspecified atom stereocenters. The molecular formula is C12H13ClO2. The number of hydrogen-bond donors (Lipinski definition) is 0. The topological polar surface area (TPSA) is 26.3 Å². The van der Waals surface area contributed by atoms with Gasteiger partial charge in [-0.1, -0.05) is 29.8 Å². The maximum Gasteiger partial charge on any atom is 0.306 e. The van der Waals surface area contributed by atoms with Crippen LogP contribution in [0.15, 0.2) is 36.9 Å². The number of rotatable bonds is 4. The second kappa shape index (κ2) is 5.56. The van der Waals surface area contributed by atoms with Gasteiger partial charge in [0.15, 0.2) is 0 Å². The zero-order chi connectivity index (χ0) is 11.3. The van der Waals surface area contributed by atoms with Crippen LogP contribution in [0.3, 0.4) is 0 Å². The summed E-state index contributed by atoms with van der Waals surface area (Å²) in [6.45, 7) is 3.71. The van der Waals surface area contributed by atoms with Crippen molar-refractivity contribution in [3.8, 4) is 0 Å². The summed E-state index contributed by atoms with van der Waals surface area (Å²) in [7, 11) is 1.38. The molecule has 0 saturated heterocycles. The van der Waals surface area contributed by atoms with Crippen molar-refractivity contribution in [2.75, 3.05) is 7.11 Å². The van der Waals surface area contributed by atoms with Crippen molar-refractivity contribution in [3.05, 3.63) is 47.5 Å². The highest BCUT2D eigenvalue weighted by Gasteiger charge is 2.12. The van der Waals surface area contributed by atoms with E-state index in [-0.39, 0.29) is 11.9 Å². The third-order valence-electron chi connectivity index (χ3n) is 2.20. The van der Waals surface area contributed by atoms with Crippen LogP contribution >= 0.6 is 11.6 Å². The first-order valence-electron chi connectivity index (χ1n) is 4.62. The van der Waals surface area contributed by atoms with E-state index in [4.69, 9.17) is 11.6 Å². The standard InChI is InChI=1S/C12H13ClO2/c1-3-9(8-12(14)15-2)10-4-6-11(13)7-5-10/h3-7,9H,1,8H2,2H3. The molecule has 1 atom stereocenters. The summed E-state index contributed by atoms with van der Waals surface area (Å²) < 4.78 is 4.61. The summed E-state index contributed by atoms with van der Waals surface area (Å²) in [5.41, 5.74) is 1.01. The molecule has 0 N–H and O–H groups in total.